The van der Waals surface area contributed by atoms with E-state index in [1.807, 2.05) is 24.5 Å². The zero-order chi connectivity index (χ0) is 9.84. The maximum absolute atomic E-state index is 10.9. The van der Waals surface area contributed by atoms with E-state index in [4.69, 9.17) is 11.6 Å². The van der Waals surface area contributed by atoms with Crippen LogP contribution in [0.4, 0.5) is 0 Å². The van der Waals surface area contributed by atoms with Crippen LogP contribution in [0, 0.1) is 0 Å². The Morgan fingerprint density at radius 2 is 2.23 bits per heavy atom. The second-order valence-electron chi connectivity index (χ2n) is 2.81. The number of thioether (sulfide) groups is 1. The summed E-state index contributed by atoms with van der Waals surface area (Å²) in [5.41, 5.74) is 0.918. The van der Waals surface area contributed by atoms with E-state index < -0.39 is 0 Å². The Balaban J connectivity index is 3.01. The Kier molecular flexibility index (Phi) is 3.82. The van der Waals surface area contributed by atoms with Gasteiger partial charge in [-0.2, -0.15) is 0 Å². The van der Waals surface area contributed by atoms with Gasteiger partial charge in [0.1, 0.15) is 5.78 Å². The van der Waals surface area contributed by atoms with Crippen molar-refractivity contribution in [1.82, 2.24) is 0 Å². The molecule has 0 aliphatic carbocycles. The Morgan fingerprint density at radius 3 is 2.77 bits per heavy atom. The van der Waals surface area contributed by atoms with Gasteiger partial charge in [0.25, 0.3) is 0 Å². The summed E-state index contributed by atoms with van der Waals surface area (Å²) < 4.78 is 0. The van der Waals surface area contributed by atoms with Gasteiger partial charge in [-0.1, -0.05) is 23.7 Å². The maximum atomic E-state index is 10.9. The van der Waals surface area contributed by atoms with Crippen LogP contribution < -0.4 is 0 Å². The first-order valence-corrected chi connectivity index (χ1v) is 5.56. The lowest BCUT2D eigenvalue weighted by Crippen LogP contribution is -1.97. The number of carbonyl (C=O) groups is 1. The molecule has 0 unspecified atom stereocenters. The minimum absolute atomic E-state index is 0.139. The van der Waals surface area contributed by atoms with Crippen molar-refractivity contribution >= 4 is 29.1 Å². The smallest absolute Gasteiger partial charge is 0.134 e. The summed E-state index contributed by atoms with van der Waals surface area (Å²) in [7, 11) is 0. The third kappa shape index (κ3) is 2.75. The molecule has 1 aromatic rings. The van der Waals surface area contributed by atoms with Crippen molar-refractivity contribution < 1.29 is 4.79 Å². The maximum Gasteiger partial charge on any atom is 0.134 e. The van der Waals surface area contributed by atoms with Crippen molar-refractivity contribution in [3.63, 3.8) is 0 Å². The molecule has 3 heteroatoms. The summed E-state index contributed by atoms with van der Waals surface area (Å²) in [6, 6.07) is 5.77. The summed E-state index contributed by atoms with van der Waals surface area (Å²) in [6.07, 6.45) is 2.39. The van der Waals surface area contributed by atoms with Gasteiger partial charge in [-0.15, -0.1) is 11.8 Å². The molecule has 1 aromatic carbocycles. The van der Waals surface area contributed by atoms with Gasteiger partial charge < -0.3 is 0 Å². The summed E-state index contributed by atoms with van der Waals surface area (Å²) in [4.78, 5) is 11.9. The number of hydrogen-bond donors (Lipinski definition) is 0. The van der Waals surface area contributed by atoms with Gasteiger partial charge in [0.15, 0.2) is 0 Å². The lowest BCUT2D eigenvalue weighted by molar-refractivity contribution is -0.116. The van der Waals surface area contributed by atoms with Gasteiger partial charge >= 0.3 is 0 Å². The van der Waals surface area contributed by atoms with Gasteiger partial charge in [-0.25, -0.2) is 0 Å². The molecule has 0 spiro atoms. The van der Waals surface area contributed by atoms with Crippen molar-refractivity contribution in [2.24, 2.45) is 0 Å². The fraction of sp³-hybridized carbons (Fsp3) is 0.300. The molecule has 70 valence electrons. The van der Waals surface area contributed by atoms with Crippen molar-refractivity contribution in [2.75, 3.05) is 6.26 Å². The molecule has 0 N–H and O–H groups in total. The van der Waals surface area contributed by atoms with Gasteiger partial charge in [0.2, 0.25) is 0 Å². The largest absolute Gasteiger partial charge is 0.300 e. The molecule has 0 amide bonds. The number of ketones is 1. The van der Waals surface area contributed by atoms with Crippen molar-refractivity contribution in [2.45, 2.75) is 18.2 Å². The Labute approximate surface area is 87.5 Å². The zero-order valence-corrected chi connectivity index (χ0v) is 9.21. The van der Waals surface area contributed by atoms with E-state index in [-0.39, 0.29) is 5.78 Å². The number of carbonyl (C=O) groups excluding carboxylic acids is 1. The average Bonchev–Trinajstić information content (AvgIpc) is 2.08. The molecule has 1 nitrogen and oxygen atoms in total. The summed E-state index contributed by atoms with van der Waals surface area (Å²) in [6.45, 7) is 1.57. The molecule has 0 saturated carbocycles. The Hall–Kier alpha value is -0.470. The monoisotopic (exact) mass is 214 g/mol. The Morgan fingerprint density at radius 1 is 1.54 bits per heavy atom. The molecule has 0 fully saturated rings. The minimum atomic E-state index is 0.139. The van der Waals surface area contributed by atoms with Crippen LogP contribution in [0.2, 0.25) is 5.02 Å². The van der Waals surface area contributed by atoms with Crippen LogP contribution >= 0.6 is 23.4 Å². The van der Waals surface area contributed by atoms with Gasteiger partial charge in [0, 0.05) is 11.3 Å². The van der Waals surface area contributed by atoms with Crippen LogP contribution in [0.5, 0.6) is 0 Å². The Bertz CT molecular complexity index is 323. The van der Waals surface area contributed by atoms with E-state index in [0.29, 0.717) is 11.4 Å². The van der Waals surface area contributed by atoms with Gasteiger partial charge in [-0.05, 0) is 24.8 Å². The first-order valence-electron chi connectivity index (χ1n) is 3.96. The van der Waals surface area contributed by atoms with Crippen LogP contribution in [-0.2, 0) is 11.2 Å². The normalized spacial score (nSPS) is 10.1. The topological polar surface area (TPSA) is 17.1 Å². The third-order valence-electron chi connectivity index (χ3n) is 1.70. The molecule has 0 heterocycles. The predicted molar refractivity (Wildman–Crippen MR) is 57.6 cm³/mol. The van der Waals surface area contributed by atoms with E-state index in [9.17, 15) is 4.79 Å². The molecule has 0 aliphatic heterocycles. The van der Waals surface area contributed by atoms with Crippen LogP contribution in [0.1, 0.15) is 12.5 Å². The fourth-order valence-electron chi connectivity index (χ4n) is 1.12. The van der Waals surface area contributed by atoms with E-state index >= 15 is 0 Å². The quantitative estimate of drug-likeness (QED) is 0.719. The molecule has 0 aliphatic rings. The predicted octanol–water partition coefficient (Wildman–Crippen LogP) is 3.19. The van der Waals surface area contributed by atoms with Crippen LogP contribution in [-0.4, -0.2) is 12.0 Å². The second-order valence-corrected chi connectivity index (χ2v) is 4.04. The first-order chi connectivity index (χ1) is 6.15. The second kappa shape index (κ2) is 4.68. The van der Waals surface area contributed by atoms with Crippen LogP contribution in [0.15, 0.2) is 23.1 Å². The molecule has 0 radical (unpaired) electrons. The molecule has 0 bridgehead atoms. The van der Waals surface area contributed by atoms with Crippen LogP contribution in [0.3, 0.4) is 0 Å². The molecular weight excluding hydrogens is 204 g/mol. The van der Waals surface area contributed by atoms with Crippen molar-refractivity contribution in [3.05, 3.63) is 28.8 Å². The number of halogens is 1. The first kappa shape index (κ1) is 10.6. The number of hydrogen-bond acceptors (Lipinski definition) is 2. The highest BCUT2D eigenvalue weighted by Gasteiger charge is 2.06. The lowest BCUT2D eigenvalue weighted by atomic mass is 10.1. The van der Waals surface area contributed by atoms with E-state index in [1.54, 1.807) is 18.7 Å². The average molecular weight is 215 g/mol. The zero-order valence-electron chi connectivity index (χ0n) is 7.63. The molecule has 13 heavy (non-hydrogen) atoms. The van der Waals surface area contributed by atoms with Gasteiger partial charge in [-0.3, -0.25) is 4.79 Å². The molecule has 0 atom stereocenters. The number of rotatable bonds is 3. The van der Waals surface area contributed by atoms with Gasteiger partial charge in [0.05, 0.1) is 5.02 Å². The number of benzene rings is 1. The minimum Gasteiger partial charge on any atom is -0.300 e. The number of Topliss-reactive ketones (excluding diaryl/α,β-unsaturated/α-hetero) is 1. The van der Waals surface area contributed by atoms with E-state index in [0.717, 1.165) is 10.5 Å². The highest BCUT2D eigenvalue weighted by atomic mass is 35.5. The third-order valence-corrected chi connectivity index (χ3v) is 3.04. The van der Waals surface area contributed by atoms with Crippen molar-refractivity contribution in [3.8, 4) is 0 Å². The highest BCUT2D eigenvalue weighted by Crippen LogP contribution is 2.28. The highest BCUT2D eigenvalue weighted by molar-refractivity contribution is 7.98. The van der Waals surface area contributed by atoms with E-state index in [1.165, 1.54) is 0 Å². The van der Waals surface area contributed by atoms with E-state index in [2.05, 4.69) is 0 Å². The standard InChI is InChI=1S/C10H11ClOS/c1-7(12)6-8-4-3-5-9(13-2)10(8)11/h3-5H,6H2,1-2H3. The molecule has 0 aromatic heterocycles. The summed E-state index contributed by atoms with van der Waals surface area (Å²) >= 11 is 7.67. The molecular formula is C10H11ClOS. The van der Waals surface area contributed by atoms with Crippen LogP contribution in [0.25, 0.3) is 0 Å². The fourth-order valence-corrected chi connectivity index (χ4v) is 2.07. The molecule has 1 rings (SSSR count). The molecule has 0 saturated heterocycles. The SMILES string of the molecule is CSc1cccc(CC(C)=O)c1Cl. The lowest BCUT2D eigenvalue weighted by Gasteiger charge is -2.05. The summed E-state index contributed by atoms with van der Waals surface area (Å²) in [5.74, 6) is 0.139. The van der Waals surface area contributed by atoms with Crippen molar-refractivity contribution in [1.29, 1.82) is 0 Å². The summed E-state index contributed by atoms with van der Waals surface area (Å²) in [5, 5.41) is 0.713.